The highest BCUT2D eigenvalue weighted by molar-refractivity contribution is 6.09. The Balaban J connectivity index is 2.42. The van der Waals surface area contributed by atoms with Crippen LogP contribution in [0.15, 0.2) is 36.8 Å². The molecule has 0 spiro atoms. The fourth-order valence-electron chi connectivity index (χ4n) is 1.19. The van der Waals surface area contributed by atoms with Gasteiger partial charge in [0.2, 0.25) is 5.78 Å². The van der Waals surface area contributed by atoms with E-state index in [9.17, 15) is 9.90 Å². The van der Waals surface area contributed by atoms with Gasteiger partial charge in [0.25, 0.3) is 0 Å². The normalized spacial score (nSPS) is 10.0. The third kappa shape index (κ3) is 1.37. The Hall–Kier alpha value is -2.10. The zero-order valence-electron chi connectivity index (χ0n) is 7.27. The largest absolute Gasteiger partial charge is 0.507 e. The van der Waals surface area contributed by atoms with Gasteiger partial charge < -0.3 is 10.1 Å². The van der Waals surface area contributed by atoms with Gasteiger partial charge in [0.15, 0.2) is 0 Å². The van der Waals surface area contributed by atoms with Crippen LogP contribution >= 0.6 is 0 Å². The minimum atomic E-state index is -0.263. The smallest absolute Gasteiger partial charge is 0.214 e. The lowest BCUT2D eigenvalue weighted by atomic mass is 10.1. The van der Waals surface area contributed by atoms with Gasteiger partial charge >= 0.3 is 0 Å². The van der Waals surface area contributed by atoms with Gasteiger partial charge in [0.05, 0.1) is 18.1 Å². The number of rotatable bonds is 2. The van der Waals surface area contributed by atoms with Gasteiger partial charge in [-0.2, -0.15) is 0 Å². The summed E-state index contributed by atoms with van der Waals surface area (Å²) in [6.45, 7) is 0. The first-order valence-electron chi connectivity index (χ1n) is 4.10. The molecule has 1 aromatic carbocycles. The summed E-state index contributed by atoms with van der Waals surface area (Å²) in [7, 11) is 0. The van der Waals surface area contributed by atoms with Crippen LogP contribution in [0.4, 0.5) is 0 Å². The number of hydrogen-bond donors (Lipinski definition) is 2. The van der Waals surface area contributed by atoms with Crippen molar-refractivity contribution in [1.82, 2.24) is 9.97 Å². The van der Waals surface area contributed by atoms with Gasteiger partial charge in [0.1, 0.15) is 11.4 Å². The number of phenols is 1. The minimum Gasteiger partial charge on any atom is -0.507 e. The van der Waals surface area contributed by atoms with Gasteiger partial charge in [-0.1, -0.05) is 12.1 Å². The van der Waals surface area contributed by atoms with Crippen molar-refractivity contribution in [2.45, 2.75) is 0 Å². The van der Waals surface area contributed by atoms with Crippen molar-refractivity contribution < 1.29 is 9.90 Å². The number of ketones is 1. The monoisotopic (exact) mass is 188 g/mol. The molecule has 0 radical (unpaired) electrons. The van der Waals surface area contributed by atoms with Crippen molar-refractivity contribution in [1.29, 1.82) is 0 Å². The fourth-order valence-corrected chi connectivity index (χ4v) is 1.19. The Morgan fingerprint density at radius 3 is 2.79 bits per heavy atom. The summed E-state index contributed by atoms with van der Waals surface area (Å²) in [5.74, 6) is -0.285. The maximum Gasteiger partial charge on any atom is 0.214 e. The Kier molecular flexibility index (Phi) is 2.02. The fraction of sp³-hybridized carbons (Fsp3) is 0. The van der Waals surface area contributed by atoms with Crippen LogP contribution in [-0.2, 0) is 0 Å². The molecule has 70 valence electrons. The SMILES string of the molecule is O=C(c1cnc[nH]1)c1ccccc1O. The number of aromatic hydroxyl groups is 1. The molecule has 1 aromatic heterocycles. The third-order valence-electron chi connectivity index (χ3n) is 1.89. The molecule has 0 aliphatic rings. The van der Waals surface area contributed by atoms with E-state index < -0.39 is 0 Å². The predicted octanol–water partition coefficient (Wildman–Crippen LogP) is 1.35. The molecular formula is C10H8N2O2. The summed E-state index contributed by atoms with van der Waals surface area (Å²) < 4.78 is 0. The molecule has 0 atom stereocenters. The maximum absolute atomic E-state index is 11.7. The number of aromatic amines is 1. The molecule has 4 nitrogen and oxygen atoms in total. The quantitative estimate of drug-likeness (QED) is 0.699. The number of aromatic nitrogens is 2. The molecule has 14 heavy (non-hydrogen) atoms. The number of hydrogen-bond acceptors (Lipinski definition) is 3. The van der Waals surface area contributed by atoms with Crippen LogP contribution in [0.3, 0.4) is 0 Å². The molecule has 0 aliphatic heterocycles. The second-order valence-corrected chi connectivity index (χ2v) is 2.81. The number of phenolic OH excluding ortho intramolecular Hbond substituents is 1. The van der Waals surface area contributed by atoms with E-state index in [0.717, 1.165) is 0 Å². The molecule has 0 amide bonds. The molecular weight excluding hydrogens is 180 g/mol. The molecule has 2 aromatic rings. The molecule has 0 saturated carbocycles. The van der Waals surface area contributed by atoms with Crippen LogP contribution in [-0.4, -0.2) is 20.9 Å². The highest BCUT2D eigenvalue weighted by Crippen LogP contribution is 2.18. The van der Waals surface area contributed by atoms with Gasteiger partial charge in [-0.3, -0.25) is 4.79 Å². The Morgan fingerprint density at radius 2 is 2.14 bits per heavy atom. The second kappa shape index (κ2) is 3.33. The number of carbonyl (C=O) groups is 1. The van der Waals surface area contributed by atoms with E-state index in [0.29, 0.717) is 5.69 Å². The van der Waals surface area contributed by atoms with E-state index in [-0.39, 0.29) is 17.1 Å². The summed E-state index contributed by atoms with van der Waals surface area (Å²) in [6.07, 6.45) is 2.85. The molecule has 2 N–H and O–H groups in total. The van der Waals surface area contributed by atoms with E-state index in [1.165, 1.54) is 18.6 Å². The van der Waals surface area contributed by atoms with Gasteiger partial charge in [0, 0.05) is 0 Å². The van der Waals surface area contributed by atoms with E-state index in [4.69, 9.17) is 0 Å². The van der Waals surface area contributed by atoms with E-state index >= 15 is 0 Å². The number of carbonyl (C=O) groups excluding carboxylic acids is 1. The zero-order valence-corrected chi connectivity index (χ0v) is 7.27. The zero-order chi connectivity index (χ0) is 9.97. The van der Waals surface area contributed by atoms with Crippen molar-refractivity contribution >= 4 is 5.78 Å². The molecule has 0 unspecified atom stereocenters. The maximum atomic E-state index is 11.7. The van der Waals surface area contributed by atoms with Crippen LogP contribution in [0.2, 0.25) is 0 Å². The summed E-state index contributed by atoms with van der Waals surface area (Å²) in [5.41, 5.74) is 0.642. The second-order valence-electron chi connectivity index (χ2n) is 2.81. The van der Waals surface area contributed by atoms with Crippen molar-refractivity contribution in [3.63, 3.8) is 0 Å². The van der Waals surface area contributed by atoms with Crippen LogP contribution in [0, 0.1) is 0 Å². The van der Waals surface area contributed by atoms with Gasteiger partial charge in [-0.15, -0.1) is 0 Å². The van der Waals surface area contributed by atoms with E-state index in [1.807, 2.05) is 0 Å². The van der Waals surface area contributed by atoms with Gasteiger partial charge in [-0.05, 0) is 12.1 Å². The minimum absolute atomic E-state index is 0.0212. The molecule has 0 aliphatic carbocycles. The summed E-state index contributed by atoms with van der Waals surface area (Å²) in [5, 5.41) is 9.42. The van der Waals surface area contributed by atoms with Crippen molar-refractivity contribution in [3.8, 4) is 5.75 Å². The molecule has 0 fully saturated rings. The van der Waals surface area contributed by atoms with E-state index in [2.05, 4.69) is 9.97 Å². The Bertz CT molecular complexity index is 449. The molecule has 2 rings (SSSR count). The first-order chi connectivity index (χ1) is 6.79. The first-order valence-corrected chi connectivity index (χ1v) is 4.10. The van der Waals surface area contributed by atoms with Crippen molar-refractivity contribution in [2.24, 2.45) is 0 Å². The number of para-hydroxylation sites is 1. The average Bonchev–Trinajstić information content (AvgIpc) is 2.70. The van der Waals surface area contributed by atoms with Crippen molar-refractivity contribution in [3.05, 3.63) is 48.0 Å². The molecule has 0 bridgehead atoms. The number of nitrogens with zero attached hydrogens (tertiary/aromatic N) is 1. The predicted molar refractivity (Wildman–Crippen MR) is 50.1 cm³/mol. The number of H-pyrrole nitrogens is 1. The summed E-state index contributed by atoms with van der Waals surface area (Å²) in [6, 6.07) is 6.41. The lowest BCUT2D eigenvalue weighted by Gasteiger charge is -2.00. The number of nitrogens with one attached hydrogen (secondary N) is 1. The summed E-state index contributed by atoms with van der Waals surface area (Å²) in [4.78, 5) is 18.1. The Labute approximate surface area is 80.2 Å². The molecule has 4 heteroatoms. The average molecular weight is 188 g/mol. The molecule has 0 saturated heterocycles. The van der Waals surface area contributed by atoms with Crippen LogP contribution < -0.4 is 0 Å². The van der Waals surface area contributed by atoms with E-state index in [1.54, 1.807) is 18.2 Å². The lowest BCUT2D eigenvalue weighted by Crippen LogP contribution is -2.01. The molecule has 1 heterocycles. The third-order valence-corrected chi connectivity index (χ3v) is 1.89. The van der Waals surface area contributed by atoms with Crippen molar-refractivity contribution in [2.75, 3.05) is 0 Å². The highest BCUT2D eigenvalue weighted by atomic mass is 16.3. The van der Waals surface area contributed by atoms with Crippen LogP contribution in [0.1, 0.15) is 16.1 Å². The number of benzene rings is 1. The number of imidazole rings is 1. The van der Waals surface area contributed by atoms with Crippen LogP contribution in [0.25, 0.3) is 0 Å². The highest BCUT2D eigenvalue weighted by Gasteiger charge is 2.13. The lowest BCUT2D eigenvalue weighted by molar-refractivity contribution is 0.103. The van der Waals surface area contributed by atoms with Gasteiger partial charge in [-0.25, -0.2) is 4.98 Å². The Morgan fingerprint density at radius 1 is 1.36 bits per heavy atom. The first kappa shape index (κ1) is 8.50. The van der Waals surface area contributed by atoms with Crippen LogP contribution in [0.5, 0.6) is 5.75 Å². The standard InChI is InChI=1S/C10H8N2O2/c13-9-4-2-1-3-7(9)10(14)8-5-11-6-12-8/h1-6,13H,(H,11,12). The summed E-state index contributed by atoms with van der Waals surface area (Å²) >= 11 is 0. The topological polar surface area (TPSA) is 66.0 Å².